The molecule has 0 aliphatic carbocycles. The quantitative estimate of drug-likeness (QED) is 0.180. The molecule has 1 atom stereocenters. The first-order chi connectivity index (χ1) is 10.7. The fourth-order valence-corrected chi connectivity index (χ4v) is 3.75. The van der Waals surface area contributed by atoms with Crippen LogP contribution in [0.5, 0.6) is 0 Å². The fraction of sp³-hybridized carbons (Fsp3) is 0.667. The highest BCUT2D eigenvalue weighted by Gasteiger charge is 2.08. The van der Waals surface area contributed by atoms with Crippen LogP contribution in [0.3, 0.4) is 0 Å². The molecule has 0 saturated carbocycles. The predicted octanol–water partition coefficient (Wildman–Crippen LogP) is 8.02. The van der Waals surface area contributed by atoms with Crippen molar-refractivity contribution < 1.29 is 4.39 Å². The van der Waals surface area contributed by atoms with Crippen LogP contribution in [0.15, 0.2) is 29.2 Å². The van der Waals surface area contributed by atoms with Crippen molar-refractivity contribution in [2.45, 2.75) is 74.6 Å². The molecule has 0 saturated heterocycles. The summed E-state index contributed by atoms with van der Waals surface area (Å²) in [6.07, 6.45) is 12.0. The minimum Gasteiger partial charge on any atom is -0.235 e. The minimum atomic E-state index is -0.801. The van der Waals surface area contributed by atoms with Gasteiger partial charge in [-0.2, -0.15) is 0 Å². The largest absolute Gasteiger partial charge is 0.235 e. The number of hydrogen-bond acceptors (Lipinski definition) is 1. The van der Waals surface area contributed by atoms with Crippen LogP contribution in [-0.2, 0) is 0 Å². The van der Waals surface area contributed by atoms with Crippen molar-refractivity contribution in [1.29, 1.82) is 0 Å². The Bertz CT molecular complexity index is 372. The van der Waals surface area contributed by atoms with Gasteiger partial charge < -0.3 is 0 Å². The highest BCUT2D eigenvalue weighted by molar-refractivity contribution is 9.09. The Hall–Kier alpha value is 0.270. The summed E-state index contributed by atoms with van der Waals surface area (Å²) >= 11 is 10.6. The van der Waals surface area contributed by atoms with Crippen molar-refractivity contribution >= 4 is 39.3 Å². The van der Waals surface area contributed by atoms with Crippen LogP contribution in [0.2, 0.25) is 5.02 Å². The Labute approximate surface area is 152 Å². The average Bonchev–Trinajstić information content (AvgIpc) is 2.51. The Morgan fingerprint density at radius 2 is 1.36 bits per heavy atom. The summed E-state index contributed by atoms with van der Waals surface area (Å²) in [5.74, 6) is 0. The average molecular weight is 410 g/mol. The molecule has 4 heteroatoms. The normalized spacial score (nSPS) is 12.5. The van der Waals surface area contributed by atoms with E-state index >= 15 is 0 Å². The summed E-state index contributed by atoms with van der Waals surface area (Å²) in [5.41, 5.74) is -0.801. The molecule has 0 N–H and O–H groups in total. The maximum Gasteiger partial charge on any atom is 0.150 e. The molecule has 0 aliphatic rings. The van der Waals surface area contributed by atoms with E-state index in [0.29, 0.717) is 11.4 Å². The van der Waals surface area contributed by atoms with Crippen LogP contribution in [0.1, 0.15) is 64.2 Å². The zero-order chi connectivity index (χ0) is 16.0. The van der Waals surface area contributed by atoms with E-state index in [0.717, 1.165) is 23.1 Å². The lowest BCUT2D eigenvalue weighted by Gasteiger charge is -2.08. The van der Waals surface area contributed by atoms with Crippen LogP contribution in [0.4, 0.5) is 4.39 Å². The fourth-order valence-electron chi connectivity index (χ4n) is 2.36. The van der Waals surface area contributed by atoms with Gasteiger partial charge in [0, 0.05) is 15.2 Å². The van der Waals surface area contributed by atoms with Crippen LogP contribution in [-0.4, -0.2) is 10.8 Å². The predicted molar refractivity (Wildman–Crippen MR) is 102 cm³/mol. The molecule has 0 spiro atoms. The number of hydrogen-bond donors (Lipinski definition) is 0. The molecule has 22 heavy (non-hydrogen) atoms. The van der Waals surface area contributed by atoms with Crippen molar-refractivity contribution in [3.63, 3.8) is 0 Å². The lowest BCUT2D eigenvalue weighted by molar-refractivity contribution is 0.411. The summed E-state index contributed by atoms with van der Waals surface area (Å²) in [6, 6.07) is 7.40. The lowest BCUT2D eigenvalue weighted by Crippen LogP contribution is -1.93. The van der Waals surface area contributed by atoms with Gasteiger partial charge in [0.1, 0.15) is 5.50 Å². The highest BCUT2D eigenvalue weighted by atomic mass is 79.9. The van der Waals surface area contributed by atoms with Crippen molar-refractivity contribution in [3.05, 3.63) is 29.3 Å². The second-order valence-electron chi connectivity index (χ2n) is 5.64. The first-order valence-electron chi connectivity index (χ1n) is 8.34. The molecule has 0 bridgehead atoms. The molecule has 0 aliphatic heterocycles. The monoisotopic (exact) mass is 408 g/mol. The molecule has 0 aromatic heterocycles. The van der Waals surface area contributed by atoms with Gasteiger partial charge in [-0.05, 0) is 43.5 Å². The Kier molecular flexibility index (Phi) is 12.6. The van der Waals surface area contributed by atoms with Gasteiger partial charge in [-0.15, -0.1) is 0 Å². The zero-order valence-electron chi connectivity index (χ0n) is 13.2. The van der Waals surface area contributed by atoms with Gasteiger partial charge in [-0.3, -0.25) is 0 Å². The molecule has 0 fully saturated rings. The standard InChI is InChI=1S/C18H27BrClFS/c19-15-9-7-5-3-1-2-4-6-8-10-18(21)22-17-13-11-16(20)12-14-17/h11-14,18H,1-10,15H2. The highest BCUT2D eigenvalue weighted by Crippen LogP contribution is 2.28. The molecule has 0 heterocycles. The third-order valence-electron chi connectivity index (χ3n) is 3.64. The van der Waals surface area contributed by atoms with Crippen LogP contribution >= 0.6 is 39.3 Å². The van der Waals surface area contributed by atoms with Crippen LogP contribution in [0.25, 0.3) is 0 Å². The smallest absolute Gasteiger partial charge is 0.150 e. The second-order valence-corrected chi connectivity index (χ2v) is 8.09. The van der Waals surface area contributed by atoms with Gasteiger partial charge in [0.2, 0.25) is 0 Å². The zero-order valence-corrected chi connectivity index (χ0v) is 16.4. The van der Waals surface area contributed by atoms with E-state index in [9.17, 15) is 4.39 Å². The van der Waals surface area contributed by atoms with Gasteiger partial charge in [0.25, 0.3) is 0 Å². The van der Waals surface area contributed by atoms with Crippen molar-refractivity contribution in [1.82, 2.24) is 0 Å². The molecule has 1 unspecified atom stereocenters. The molecule has 1 aromatic carbocycles. The van der Waals surface area contributed by atoms with E-state index in [2.05, 4.69) is 15.9 Å². The van der Waals surface area contributed by atoms with E-state index in [4.69, 9.17) is 11.6 Å². The van der Waals surface area contributed by atoms with Gasteiger partial charge in [0.05, 0.1) is 0 Å². The van der Waals surface area contributed by atoms with Crippen LogP contribution < -0.4 is 0 Å². The first-order valence-corrected chi connectivity index (χ1v) is 10.7. The lowest BCUT2D eigenvalue weighted by atomic mass is 10.1. The summed E-state index contributed by atoms with van der Waals surface area (Å²) in [4.78, 5) is 0.959. The van der Waals surface area contributed by atoms with E-state index in [1.54, 1.807) is 0 Å². The third-order valence-corrected chi connectivity index (χ3v) is 5.49. The SMILES string of the molecule is FC(CCCCCCCCCCCBr)Sc1ccc(Cl)cc1. The molecule has 0 radical (unpaired) electrons. The summed E-state index contributed by atoms with van der Waals surface area (Å²) < 4.78 is 13.9. The van der Waals surface area contributed by atoms with E-state index in [1.807, 2.05) is 24.3 Å². The van der Waals surface area contributed by atoms with E-state index in [-0.39, 0.29) is 0 Å². The molecule has 0 nitrogen and oxygen atoms in total. The van der Waals surface area contributed by atoms with E-state index in [1.165, 1.54) is 56.7 Å². The van der Waals surface area contributed by atoms with Crippen molar-refractivity contribution in [2.75, 3.05) is 5.33 Å². The van der Waals surface area contributed by atoms with Gasteiger partial charge in [-0.1, -0.05) is 84.2 Å². The Morgan fingerprint density at radius 3 is 1.91 bits per heavy atom. The van der Waals surface area contributed by atoms with E-state index < -0.39 is 5.50 Å². The van der Waals surface area contributed by atoms with Crippen molar-refractivity contribution in [3.8, 4) is 0 Å². The maximum absolute atomic E-state index is 13.9. The second kappa shape index (κ2) is 13.7. The van der Waals surface area contributed by atoms with Gasteiger partial charge >= 0.3 is 0 Å². The maximum atomic E-state index is 13.9. The topological polar surface area (TPSA) is 0 Å². The summed E-state index contributed by atoms with van der Waals surface area (Å²) in [6.45, 7) is 0. The molecular weight excluding hydrogens is 383 g/mol. The number of thioether (sulfide) groups is 1. The summed E-state index contributed by atoms with van der Waals surface area (Å²) in [7, 11) is 0. The Balaban J connectivity index is 1.92. The molecule has 1 rings (SSSR count). The first kappa shape index (κ1) is 20.3. The number of benzene rings is 1. The third kappa shape index (κ3) is 10.9. The number of alkyl halides is 2. The molecule has 0 amide bonds. The van der Waals surface area contributed by atoms with Crippen LogP contribution in [0, 0.1) is 0 Å². The molecular formula is C18H27BrClFS. The molecule has 1 aromatic rings. The number of unbranched alkanes of at least 4 members (excludes halogenated alkanes) is 8. The van der Waals surface area contributed by atoms with Gasteiger partial charge in [0.15, 0.2) is 0 Å². The Morgan fingerprint density at radius 1 is 0.864 bits per heavy atom. The number of rotatable bonds is 13. The van der Waals surface area contributed by atoms with Gasteiger partial charge in [-0.25, -0.2) is 4.39 Å². The minimum absolute atomic E-state index is 0.651. The molecule has 126 valence electrons. The summed E-state index contributed by atoms with van der Waals surface area (Å²) in [5, 5.41) is 1.83. The van der Waals surface area contributed by atoms with Crippen molar-refractivity contribution in [2.24, 2.45) is 0 Å². The number of halogens is 3.